The van der Waals surface area contributed by atoms with Crippen molar-refractivity contribution in [3.8, 4) is 17.4 Å². The third-order valence-electron chi connectivity index (χ3n) is 4.56. The van der Waals surface area contributed by atoms with Crippen molar-refractivity contribution in [1.82, 2.24) is 19.7 Å². The van der Waals surface area contributed by atoms with Crippen molar-refractivity contribution in [2.75, 3.05) is 4.72 Å². The van der Waals surface area contributed by atoms with Gasteiger partial charge in [0.25, 0.3) is 10.0 Å². The van der Waals surface area contributed by atoms with Crippen LogP contribution >= 0.6 is 11.6 Å². The standard InChI is InChI=1S/C21H18ClN5O3S/c1-14-15(2)27(13-23-14)20-10-11-21(25-24-20)30-18-8-6-17(7-9-18)26-31(28,29)19-5-3-4-16(22)12-19/h3-13,26H,1-2H3. The van der Waals surface area contributed by atoms with Gasteiger partial charge in [0.2, 0.25) is 5.88 Å². The van der Waals surface area contributed by atoms with Gasteiger partial charge in [-0.3, -0.25) is 9.29 Å². The molecule has 0 saturated carbocycles. The number of aromatic nitrogens is 4. The van der Waals surface area contributed by atoms with Gasteiger partial charge in [-0.05, 0) is 62.4 Å². The Hall–Kier alpha value is -3.43. The highest BCUT2D eigenvalue weighted by Gasteiger charge is 2.14. The molecule has 2 aromatic carbocycles. The first-order chi connectivity index (χ1) is 14.8. The van der Waals surface area contributed by atoms with E-state index >= 15 is 0 Å². The first-order valence-corrected chi connectivity index (χ1v) is 11.1. The fourth-order valence-electron chi connectivity index (χ4n) is 2.79. The summed E-state index contributed by atoms with van der Waals surface area (Å²) in [5.74, 6) is 1.43. The van der Waals surface area contributed by atoms with Gasteiger partial charge >= 0.3 is 0 Å². The molecule has 0 aliphatic carbocycles. The summed E-state index contributed by atoms with van der Waals surface area (Å²) < 4.78 is 35.0. The summed E-state index contributed by atoms with van der Waals surface area (Å²) >= 11 is 5.88. The Morgan fingerprint density at radius 2 is 1.77 bits per heavy atom. The van der Waals surface area contributed by atoms with E-state index in [-0.39, 0.29) is 4.90 Å². The molecule has 1 N–H and O–H groups in total. The second-order valence-corrected chi connectivity index (χ2v) is 8.82. The Balaban J connectivity index is 1.44. The summed E-state index contributed by atoms with van der Waals surface area (Å²) in [6.45, 7) is 3.88. The van der Waals surface area contributed by atoms with Crippen LogP contribution in [0.3, 0.4) is 0 Å². The molecule has 31 heavy (non-hydrogen) atoms. The van der Waals surface area contributed by atoms with Crippen LogP contribution in [-0.4, -0.2) is 28.2 Å². The number of hydrogen-bond donors (Lipinski definition) is 1. The molecule has 2 heterocycles. The van der Waals surface area contributed by atoms with Gasteiger partial charge in [0, 0.05) is 22.5 Å². The van der Waals surface area contributed by atoms with E-state index in [9.17, 15) is 8.42 Å². The lowest BCUT2D eigenvalue weighted by Crippen LogP contribution is -2.12. The highest BCUT2D eigenvalue weighted by molar-refractivity contribution is 7.92. The number of aryl methyl sites for hydroxylation is 1. The van der Waals surface area contributed by atoms with Gasteiger partial charge in [0.05, 0.1) is 10.6 Å². The summed E-state index contributed by atoms with van der Waals surface area (Å²) in [7, 11) is -3.75. The van der Waals surface area contributed by atoms with Crippen LogP contribution in [0.25, 0.3) is 5.82 Å². The third-order valence-corrected chi connectivity index (χ3v) is 6.17. The Labute approximate surface area is 184 Å². The topological polar surface area (TPSA) is 99.0 Å². The quantitative estimate of drug-likeness (QED) is 0.458. The zero-order chi connectivity index (χ0) is 22.0. The Bertz CT molecular complexity index is 1320. The Morgan fingerprint density at radius 1 is 1.00 bits per heavy atom. The highest BCUT2D eigenvalue weighted by Crippen LogP contribution is 2.24. The van der Waals surface area contributed by atoms with Crippen LogP contribution in [0.2, 0.25) is 5.02 Å². The molecule has 158 valence electrons. The predicted molar refractivity (Wildman–Crippen MR) is 117 cm³/mol. The molecule has 0 atom stereocenters. The maximum Gasteiger partial charge on any atom is 0.261 e. The number of rotatable bonds is 6. The minimum Gasteiger partial charge on any atom is -0.438 e. The Morgan fingerprint density at radius 3 is 2.39 bits per heavy atom. The summed E-state index contributed by atoms with van der Waals surface area (Å²) in [4.78, 5) is 4.33. The average Bonchev–Trinajstić information content (AvgIpc) is 3.08. The number of anilines is 1. The molecule has 10 heteroatoms. The van der Waals surface area contributed by atoms with Crippen molar-refractivity contribution in [2.45, 2.75) is 18.7 Å². The molecule has 0 saturated heterocycles. The summed E-state index contributed by atoms with van der Waals surface area (Å²) in [5.41, 5.74) is 2.30. The van der Waals surface area contributed by atoms with Gasteiger partial charge in [0.15, 0.2) is 5.82 Å². The minimum atomic E-state index is -3.75. The number of imidazole rings is 1. The molecule has 0 amide bonds. The molecule has 0 aliphatic rings. The minimum absolute atomic E-state index is 0.0824. The van der Waals surface area contributed by atoms with Gasteiger partial charge in [-0.15, -0.1) is 10.2 Å². The molecule has 0 unspecified atom stereocenters. The van der Waals surface area contributed by atoms with Crippen molar-refractivity contribution in [3.05, 3.63) is 83.4 Å². The van der Waals surface area contributed by atoms with Gasteiger partial charge in [-0.25, -0.2) is 13.4 Å². The van der Waals surface area contributed by atoms with E-state index in [1.807, 2.05) is 18.4 Å². The maximum absolute atomic E-state index is 12.5. The first kappa shape index (κ1) is 20.8. The SMILES string of the molecule is Cc1ncn(-c2ccc(Oc3ccc(NS(=O)(=O)c4cccc(Cl)c4)cc3)nn2)c1C. The average molecular weight is 456 g/mol. The molecule has 0 bridgehead atoms. The second kappa shape index (κ2) is 8.37. The van der Waals surface area contributed by atoms with E-state index in [1.54, 1.807) is 54.9 Å². The molecule has 0 spiro atoms. The lowest BCUT2D eigenvalue weighted by atomic mass is 10.3. The monoisotopic (exact) mass is 455 g/mol. The number of nitrogens with zero attached hydrogens (tertiary/aromatic N) is 4. The molecular weight excluding hydrogens is 438 g/mol. The largest absolute Gasteiger partial charge is 0.438 e. The Kier molecular flexibility index (Phi) is 5.62. The fourth-order valence-corrected chi connectivity index (χ4v) is 4.14. The van der Waals surface area contributed by atoms with Gasteiger partial charge in [0.1, 0.15) is 12.1 Å². The number of hydrogen-bond acceptors (Lipinski definition) is 6. The van der Waals surface area contributed by atoms with E-state index in [0.717, 1.165) is 11.4 Å². The molecule has 4 rings (SSSR count). The van der Waals surface area contributed by atoms with Crippen LogP contribution in [0.5, 0.6) is 11.6 Å². The first-order valence-electron chi connectivity index (χ1n) is 9.23. The van der Waals surface area contributed by atoms with E-state index < -0.39 is 10.0 Å². The molecule has 0 radical (unpaired) electrons. The number of nitrogens with one attached hydrogen (secondary N) is 1. The summed E-state index contributed by atoms with van der Waals surface area (Å²) in [6.07, 6.45) is 1.69. The fraction of sp³-hybridized carbons (Fsp3) is 0.0952. The number of ether oxygens (including phenoxy) is 1. The molecule has 4 aromatic rings. The van der Waals surface area contributed by atoms with Crippen LogP contribution in [0, 0.1) is 13.8 Å². The van der Waals surface area contributed by atoms with E-state index in [4.69, 9.17) is 16.3 Å². The van der Waals surface area contributed by atoms with Crippen molar-refractivity contribution in [1.29, 1.82) is 0 Å². The normalized spacial score (nSPS) is 11.3. The van der Waals surface area contributed by atoms with Gasteiger partial charge in [-0.1, -0.05) is 17.7 Å². The lowest BCUT2D eigenvalue weighted by molar-refractivity contribution is 0.454. The van der Waals surface area contributed by atoms with Crippen LogP contribution in [0.4, 0.5) is 5.69 Å². The smallest absolute Gasteiger partial charge is 0.261 e. The van der Waals surface area contributed by atoms with E-state index in [1.165, 1.54) is 12.1 Å². The second-order valence-electron chi connectivity index (χ2n) is 6.70. The molecular formula is C21H18ClN5O3S. The lowest BCUT2D eigenvalue weighted by Gasteiger charge is -2.10. The van der Waals surface area contributed by atoms with Crippen LogP contribution in [0.15, 0.2) is 71.9 Å². The number of halogens is 1. The van der Waals surface area contributed by atoms with Crippen molar-refractivity contribution in [2.24, 2.45) is 0 Å². The molecule has 2 aromatic heterocycles. The number of benzene rings is 2. The van der Waals surface area contributed by atoms with Crippen LogP contribution < -0.4 is 9.46 Å². The van der Waals surface area contributed by atoms with Crippen molar-refractivity contribution < 1.29 is 13.2 Å². The highest BCUT2D eigenvalue weighted by atomic mass is 35.5. The van der Waals surface area contributed by atoms with Gasteiger partial charge in [-0.2, -0.15) is 0 Å². The zero-order valence-corrected chi connectivity index (χ0v) is 18.2. The van der Waals surface area contributed by atoms with E-state index in [0.29, 0.717) is 28.2 Å². The van der Waals surface area contributed by atoms with Crippen molar-refractivity contribution >= 4 is 27.3 Å². The predicted octanol–water partition coefficient (Wildman–Crippen LogP) is 4.53. The third kappa shape index (κ3) is 4.68. The summed E-state index contributed by atoms with van der Waals surface area (Å²) in [6, 6.07) is 16.0. The molecule has 0 fully saturated rings. The van der Waals surface area contributed by atoms with Crippen LogP contribution in [0.1, 0.15) is 11.4 Å². The number of sulfonamides is 1. The summed E-state index contributed by atoms with van der Waals surface area (Å²) in [5, 5.41) is 8.60. The molecule has 0 aliphatic heterocycles. The van der Waals surface area contributed by atoms with Gasteiger partial charge < -0.3 is 4.74 Å². The molecule has 8 nitrogen and oxygen atoms in total. The zero-order valence-electron chi connectivity index (χ0n) is 16.7. The van der Waals surface area contributed by atoms with E-state index in [2.05, 4.69) is 19.9 Å². The maximum atomic E-state index is 12.5. The van der Waals surface area contributed by atoms with Crippen LogP contribution in [-0.2, 0) is 10.0 Å². The van der Waals surface area contributed by atoms with Crippen molar-refractivity contribution in [3.63, 3.8) is 0 Å².